The van der Waals surface area contributed by atoms with E-state index in [1.165, 1.54) is 18.2 Å². The van der Waals surface area contributed by atoms with E-state index in [-0.39, 0.29) is 17.3 Å². The molecule has 0 aromatic heterocycles. The van der Waals surface area contributed by atoms with Gasteiger partial charge < -0.3 is 16.2 Å². The maximum absolute atomic E-state index is 13.0. The third-order valence-electron chi connectivity index (χ3n) is 2.89. The fraction of sp³-hybridized carbons (Fsp3) is 0.133. The minimum Gasteiger partial charge on any atom is -0.508 e. The van der Waals surface area contributed by atoms with Crippen LogP contribution in [0.4, 0.5) is 10.1 Å². The minimum atomic E-state index is -0.536. The quantitative estimate of drug-likeness (QED) is 0.747. The van der Waals surface area contributed by atoms with Crippen LogP contribution in [-0.2, 0) is 6.42 Å². The van der Waals surface area contributed by atoms with Gasteiger partial charge in [0.15, 0.2) is 0 Å². The van der Waals surface area contributed by atoms with Crippen molar-refractivity contribution < 1.29 is 14.3 Å². The number of phenols is 1. The number of rotatable bonds is 4. The Labute approximate surface area is 116 Å². The largest absolute Gasteiger partial charge is 0.508 e. The van der Waals surface area contributed by atoms with Crippen molar-refractivity contribution in [2.24, 2.45) is 0 Å². The Morgan fingerprint density at radius 3 is 2.55 bits per heavy atom. The van der Waals surface area contributed by atoms with Gasteiger partial charge in [-0.2, -0.15) is 0 Å². The van der Waals surface area contributed by atoms with Crippen LogP contribution in [0, 0.1) is 5.82 Å². The van der Waals surface area contributed by atoms with Gasteiger partial charge >= 0.3 is 0 Å². The number of hydrogen-bond acceptors (Lipinski definition) is 3. The van der Waals surface area contributed by atoms with E-state index in [4.69, 9.17) is 10.8 Å². The van der Waals surface area contributed by atoms with Gasteiger partial charge in [0.2, 0.25) is 0 Å². The summed E-state index contributed by atoms with van der Waals surface area (Å²) in [6, 6.07) is 10.6. The molecule has 2 aromatic rings. The Morgan fingerprint density at radius 2 is 1.90 bits per heavy atom. The van der Waals surface area contributed by atoms with E-state index in [2.05, 4.69) is 5.32 Å². The van der Waals surface area contributed by atoms with Gasteiger partial charge in [-0.05, 0) is 42.3 Å². The number of carbonyl (C=O) groups excluding carboxylic acids is 1. The number of amides is 1. The zero-order valence-electron chi connectivity index (χ0n) is 10.8. The summed E-state index contributed by atoms with van der Waals surface area (Å²) in [6.07, 6.45) is 0.642. The summed E-state index contributed by atoms with van der Waals surface area (Å²) in [4.78, 5) is 11.8. The highest BCUT2D eigenvalue weighted by molar-refractivity contribution is 5.95. The molecule has 2 aromatic carbocycles. The lowest BCUT2D eigenvalue weighted by Crippen LogP contribution is -2.25. The molecule has 0 heterocycles. The molecule has 0 aliphatic rings. The monoisotopic (exact) mass is 274 g/mol. The van der Waals surface area contributed by atoms with Crippen molar-refractivity contribution in [1.82, 2.24) is 5.32 Å². The predicted octanol–water partition coefficient (Wildman–Crippen LogP) is 2.09. The second-order valence-corrected chi connectivity index (χ2v) is 4.41. The number of nitrogen functional groups attached to an aromatic ring is 1. The smallest absolute Gasteiger partial charge is 0.251 e. The molecule has 0 unspecified atom stereocenters. The normalized spacial score (nSPS) is 10.2. The number of benzene rings is 2. The minimum absolute atomic E-state index is 0.0452. The topological polar surface area (TPSA) is 75.4 Å². The first-order valence-corrected chi connectivity index (χ1v) is 6.17. The Morgan fingerprint density at radius 1 is 1.20 bits per heavy atom. The Bertz CT molecular complexity index is 612. The van der Waals surface area contributed by atoms with Crippen LogP contribution in [-0.4, -0.2) is 17.6 Å². The number of nitrogens with one attached hydrogen (secondary N) is 1. The summed E-state index contributed by atoms with van der Waals surface area (Å²) >= 11 is 0. The van der Waals surface area contributed by atoms with Crippen molar-refractivity contribution in [3.8, 4) is 5.75 Å². The van der Waals surface area contributed by atoms with Crippen LogP contribution in [0.15, 0.2) is 42.5 Å². The van der Waals surface area contributed by atoms with Gasteiger partial charge in [-0.1, -0.05) is 12.1 Å². The zero-order chi connectivity index (χ0) is 14.5. The van der Waals surface area contributed by atoms with Crippen molar-refractivity contribution in [2.75, 3.05) is 12.3 Å². The lowest BCUT2D eigenvalue weighted by molar-refractivity contribution is 0.0954. The van der Waals surface area contributed by atoms with Gasteiger partial charge in [-0.15, -0.1) is 0 Å². The van der Waals surface area contributed by atoms with Crippen LogP contribution < -0.4 is 11.1 Å². The average Bonchev–Trinajstić information content (AvgIpc) is 2.44. The van der Waals surface area contributed by atoms with E-state index < -0.39 is 5.82 Å². The van der Waals surface area contributed by atoms with E-state index in [0.29, 0.717) is 18.5 Å². The zero-order valence-corrected chi connectivity index (χ0v) is 10.8. The molecule has 0 fully saturated rings. The molecule has 0 saturated heterocycles. The number of anilines is 1. The number of aromatic hydroxyl groups is 1. The fourth-order valence-electron chi connectivity index (χ4n) is 1.77. The molecule has 0 saturated carbocycles. The first-order valence-electron chi connectivity index (χ1n) is 6.17. The lowest BCUT2D eigenvalue weighted by atomic mass is 10.1. The molecule has 0 bridgehead atoms. The summed E-state index contributed by atoms with van der Waals surface area (Å²) in [6.45, 7) is 0.445. The predicted molar refractivity (Wildman–Crippen MR) is 75.0 cm³/mol. The van der Waals surface area contributed by atoms with E-state index in [0.717, 1.165) is 5.56 Å². The van der Waals surface area contributed by atoms with Gasteiger partial charge in [0.05, 0.1) is 5.69 Å². The molecule has 0 spiro atoms. The molecule has 0 aliphatic heterocycles. The Kier molecular flexibility index (Phi) is 4.20. The molecule has 4 N–H and O–H groups in total. The summed E-state index contributed by atoms with van der Waals surface area (Å²) in [7, 11) is 0. The molecule has 0 radical (unpaired) electrons. The first kappa shape index (κ1) is 13.9. The molecule has 5 heteroatoms. The van der Waals surface area contributed by atoms with Gasteiger partial charge in [0, 0.05) is 12.1 Å². The molecule has 104 valence electrons. The molecule has 4 nitrogen and oxygen atoms in total. The van der Waals surface area contributed by atoms with Crippen molar-refractivity contribution in [3.63, 3.8) is 0 Å². The number of halogens is 1. The second-order valence-electron chi connectivity index (χ2n) is 4.41. The number of phenolic OH excluding ortho intramolecular Hbond substituents is 1. The molecule has 20 heavy (non-hydrogen) atoms. The van der Waals surface area contributed by atoms with Crippen LogP contribution in [0.25, 0.3) is 0 Å². The van der Waals surface area contributed by atoms with Gasteiger partial charge in [-0.25, -0.2) is 4.39 Å². The first-order chi connectivity index (χ1) is 9.56. The molecule has 0 aliphatic carbocycles. The van der Waals surface area contributed by atoms with Crippen molar-refractivity contribution >= 4 is 11.6 Å². The highest BCUT2D eigenvalue weighted by Gasteiger charge is 2.07. The van der Waals surface area contributed by atoms with Crippen molar-refractivity contribution in [2.45, 2.75) is 6.42 Å². The average molecular weight is 274 g/mol. The summed E-state index contributed by atoms with van der Waals surface area (Å²) in [5.41, 5.74) is 6.70. The van der Waals surface area contributed by atoms with Gasteiger partial charge in [0.1, 0.15) is 11.6 Å². The van der Waals surface area contributed by atoms with Crippen LogP contribution >= 0.6 is 0 Å². The number of carbonyl (C=O) groups is 1. The third-order valence-corrected chi connectivity index (χ3v) is 2.89. The number of nitrogens with two attached hydrogens (primary N) is 1. The van der Waals surface area contributed by atoms with Crippen molar-refractivity contribution in [1.29, 1.82) is 0 Å². The highest BCUT2D eigenvalue weighted by atomic mass is 19.1. The van der Waals surface area contributed by atoms with Crippen molar-refractivity contribution in [3.05, 3.63) is 59.4 Å². The van der Waals surface area contributed by atoms with Crippen LogP contribution in [0.3, 0.4) is 0 Å². The fourth-order valence-corrected chi connectivity index (χ4v) is 1.77. The van der Waals surface area contributed by atoms with Crippen LogP contribution in [0.1, 0.15) is 15.9 Å². The molecular formula is C15H15FN2O2. The second kappa shape index (κ2) is 6.06. The SMILES string of the molecule is Nc1cc(C(=O)NCCc2ccc(O)cc2)ccc1F. The maximum atomic E-state index is 13.0. The molecule has 0 atom stereocenters. The van der Waals surface area contributed by atoms with Crippen LogP contribution in [0.2, 0.25) is 0 Å². The highest BCUT2D eigenvalue weighted by Crippen LogP contribution is 2.12. The standard InChI is InChI=1S/C15H15FN2O2/c16-13-6-3-11(9-14(13)17)15(20)18-8-7-10-1-4-12(19)5-2-10/h1-6,9,19H,7-8,17H2,(H,18,20). The Hall–Kier alpha value is -2.56. The molecule has 2 rings (SSSR count). The summed E-state index contributed by atoms with van der Waals surface area (Å²) < 4.78 is 13.0. The molecule has 1 amide bonds. The van der Waals surface area contributed by atoms with Crippen LogP contribution in [0.5, 0.6) is 5.75 Å². The third kappa shape index (κ3) is 3.47. The van der Waals surface area contributed by atoms with E-state index in [9.17, 15) is 9.18 Å². The maximum Gasteiger partial charge on any atom is 0.251 e. The summed E-state index contributed by atoms with van der Waals surface area (Å²) in [5, 5.41) is 11.9. The van der Waals surface area contributed by atoms with Gasteiger partial charge in [0.25, 0.3) is 5.91 Å². The van der Waals surface area contributed by atoms with E-state index in [1.807, 2.05) is 0 Å². The van der Waals surface area contributed by atoms with Gasteiger partial charge in [-0.3, -0.25) is 4.79 Å². The van der Waals surface area contributed by atoms with E-state index >= 15 is 0 Å². The molecular weight excluding hydrogens is 259 g/mol. The van der Waals surface area contributed by atoms with E-state index in [1.54, 1.807) is 24.3 Å². The summed E-state index contributed by atoms with van der Waals surface area (Å²) in [5.74, 6) is -0.624. The number of hydrogen-bond donors (Lipinski definition) is 3. The Balaban J connectivity index is 1.88. The lowest BCUT2D eigenvalue weighted by Gasteiger charge is -2.06.